The van der Waals surface area contributed by atoms with Crippen LogP contribution in [-0.4, -0.2) is 47.4 Å². The summed E-state index contributed by atoms with van der Waals surface area (Å²) in [6, 6.07) is 2.14. The van der Waals surface area contributed by atoms with Gasteiger partial charge in [0, 0.05) is 44.3 Å². The van der Waals surface area contributed by atoms with Crippen molar-refractivity contribution in [2.45, 2.75) is 32.7 Å². The van der Waals surface area contributed by atoms with Crippen LogP contribution in [-0.2, 0) is 12.0 Å². The second kappa shape index (κ2) is 5.19. The molecule has 0 atom stereocenters. The summed E-state index contributed by atoms with van der Waals surface area (Å²) in [6.45, 7) is 13.3. The lowest BCUT2D eigenvalue weighted by atomic mass is 9.93. The summed E-state index contributed by atoms with van der Waals surface area (Å²) in [5.74, 6) is 0. The maximum absolute atomic E-state index is 4.64. The lowest BCUT2D eigenvalue weighted by Crippen LogP contribution is -2.44. The fraction of sp³-hybridized carbons (Fsp3) is 0.769. The minimum Gasteiger partial charge on any atom is -0.314 e. The van der Waals surface area contributed by atoms with Crippen LogP contribution in [0.4, 0.5) is 0 Å². The predicted octanol–water partition coefficient (Wildman–Crippen LogP) is 1.09. The van der Waals surface area contributed by atoms with Gasteiger partial charge in [-0.3, -0.25) is 9.58 Å². The molecule has 1 saturated heterocycles. The van der Waals surface area contributed by atoms with E-state index in [-0.39, 0.29) is 5.41 Å². The van der Waals surface area contributed by atoms with Crippen molar-refractivity contribution in [3.05, 3.63) is 18.0 Å². The third-order valence-corrected chi connectivity index (χ3v) is 3.26. The van der Waals surface area contributed by atoms with Gasteiger partial charge in [-0.15, -0.1) is 0 Å². The van der Waals surface area contributed by atoms with E-state index in [1.54, 1.807) is 0 Å². The molecular weight excluding hydrogens is 212 g/mol. The minimum absolute atomic E-state index is 0.153. The normalized spacial score (nSPS) is 18.5. The van der Waals surface area contributed by atoms with Crippen molar-refractivity contribution in [2.75, 3.05) is 32.7 Å². The highest BCUT2D eigenvalue weighted by atomic mass is 15.3. The Hall–Kier alpha value is -0.870. The van der Waals surface area contributed by atoms with E-state index in [1.807, 2.05) is 0 Å². The quantitative estimate of drug-likeness (QED) is 0.853. The molecule has 2 heterocycles. The molecule has 0 spiro atoms. The zero-order chi connectivity index (χ0) is 12.3. The average molecular weight is 236 g/mol. The molecule has 1 aromatic rings. The van der Waals surface area contributed by atoms with Gasteiger partial charge in [0.1, 0.15) is 0 Å². The molecule has 0 radical (unpaired) electrons. The third kappa shape index (κ3) is 3.54. The number of rotatable bonds is 3. The van der Waals surface area contributed by atoms with Gasteiger partial charge in [0.05, 0.1) is 12.2 Å². The van der Waals surface area contributed by atoms with E-state index in [1.165, 1.54) is 5.69 Å². The molecule has 2 rings (SSSR count). The molecule has 1 fully saturated rings. The van der Waals surface area contributed by atoms with Crippen LogP contribution in [0.15, 0.2) is 12.3 Å². The molecular formula is C13H24N4. The molecule has 1 aromatic heterocycles. The van der Waals surface area contributed by atoms with Gasteiger partial charge in [-0.2, -0.15) is 5.10 Å². The van der Waals surface area contributed by atoms with E-state index in [0.717, 1.165) is 39.3 Å². The second-order valence-electron chi connectivity index (χ2n) is 5.81. The van der Waals surface area contributed by atoms with Crippen LogP contribution in [0.25, 0.3) is 0 Å². The zero-order valence-corrected chi connectivity index (χ0v) is 11.2. The van der Waals surface area contributed by atoms with Crippen LogP contribution in [0.1, 0.15) is 26.5 Å². The molecule has 0 unspecified atom stereocenters. The molecule has 0 aromatic carbocycles. The van der Waals surface area contributed by atoms with Crippen molar-refractivity contribution >= 4 is 0 Å². The Morgan fingerprint density at radius 3 is 2.53 bits per heavy atom. The van der Waals surface area contributed by atoms with Crippen LogP contribution in [0, 0.1) is 0 Å². The van der Waals surface area contributed by atoms with Gasteiger partial charge < -0.3 is 5.32 Å². The van der Waals surface area contributed by atoms with Gasteiger partial charge in [-0.1, -0.05) is 20.8 Å². The average Bonchev–Trinajstić information content (AvgIpc) is 2.76. The first-order valence-electron chi connectivity index (χ1n) is 6.53. The summed E-state index contributed by atoms with van der Waals surface area (Å²) in [5.41, 5.74) is 1.33. The molecule has 17 heavy (non-hydrogen) atoms. The highest BCUT2D eigenvalue weighted by Crippen LogP contribution is 2.19. The van der Waals surface area contributed by atoms with Crippen LogP contribution in [0.5, 0.6) is 0 Å². The molecule has 4 heteroatoms. The fourth-order valence-corrected chi connectivity index (χ4v) is 2.06. The smallest absolute Gasteiger partial charge is 0.0677 e. The van der Waals surface area contributed by atoms with E-state index >= 15 is 0 Å². The number of aromatic nitrogens is 2. The van der Waals surface area contributed by atoms with Crippen molar-refractivity contribution < 1.29 is 0 Å². The minimum atomic E-state index is 0.153. The van der Waals surface area contributed by atoms with Gasteiger partial charge in [-0.25, -0.2) is 0 Å². The van der Waals surface area contributed by atoms with Crippen molar-refractivity contribution in [2.24, 2.45) is 0 Å². The molecule has 1 N–H and O–H groups in total. The Morgan fingerprint density at radius 2 is 1.94 bits per heavy atom. The van der Waals surface area contributed by atoms with Crippen LogP contribution in [0.2, 0.25) is 0 Å². The maximum Gasteiger partial charge on any atom is 0.0677 e. The third-order valence-electron chi connectivity index (χ3n) is 3.26. The SMILES string of the molecule is CC(C)(C)c1ccn(CCN2CCNCC2)n1. The number of piperazine rings is 1. The Kier molecular flexibility index (Phi) is 3.84. The highest BCUT2D eigenvalue weighted by Gasteiger charge is 2.17. The van der Waals surface area contributed by atoms with Gasteiger partial charge in [-0.05, 0) is 6.07 Å². The monoisotopic (exact) mass is 236 g/mol. The first-order valence-corrected chi connectivity index (χ1v) is 6.53. The van der Waals surface area contributed by atoms with Gasteiger partial charge in [0.25, 0.3) is 0 Å². The molecule has 0 saturated carbocycles. The molecule has 1 aliphatic heterocycles. The van der Waals surface area contributed by atoms with Gasteiger partial charge in [0.2, 0.25) is 0 Å². The number of nitrogens with one attached hydrogen (secondary N) is 1. The van der Waals surface area contributed by atoms with Crippen molar-refractivity contribution in [1.82, 2.24) is 20.0 Å². The molecule has 0 bridgehead atoms. The summed E-state index contributed by atoms with van der Waals surface area (Å²) >= 11 is 0. The van der Waals surface area contributed by atoms with E-state index in [4.69, 9.17) is 0 Å². The topological polar surface area (TPSA) is 33.1 Å². The molecule has 96 valence electrons. The molecule has 0 amide bonds. The number of hydrogen-bond acceptors (Lipinski definition) is 3. The summed E-state index contributed by atoms with van der Waals surface area (Å²) in [6.07, 6.45) is 2.10. The van der Waals surface area contributed by atoms with Gasteiger partial charge in [0.15, 0.2) is 0 Å². The summed E-state index contributed by atoms with van der Waals surface area (Å²) < 4.78 is 2.07. The van der Waals surface area contributed by atoms with Crippen molar-refractivity contribution in [1.29, 1.82) is 0 Å². The van der Waals surface area contributed by atoms with Crippen molar-refractivity contribution in [3.63, 3.8) is 0 Å². The number of nitrogens with zero attached hydrogens (tertiary/aromatic N) is 3. The first-order chi connectivity index (χ1) is 8.05. The second-order valence-corrected chi connectivity index (χ2v) is 5.81. The Balaban J connectivity index is 1.84. The van der Waals surface area contributed by atoms with E-state index in [2.05, 4.69) is 53.0 Å². The highest BCUT2D eigenvalue weighted by molar-refractivity contribution is 5.10. The van der Waals surface area contributed by atoms with Crippen LogP contribution < -0.4 is 5.32 Å². The van der Waals surface area contributed by atoms with Gasteiger partial charge >= 0.3 is 0 Å². The summed E-state index contributed by atoms with van der Waals surface area (Å²) in [7, 11) is 0. The lowest BCUT2D eigenvalue weighted by molar-refractivity contribution is 0.229. The number of hydrogen-bond donors (Lipinski definition) is 1. The fourth-order valence-electron chi connectivity index (χ4n) is 2.06. The molecule has 4 nitrogen and oxygen atoms in total. The Bertz CT molecular complexity index is 345. The van der Waals surface area contributed by atoms with Crippen LogP contribution in [0.3, 0.4) is 0 Å². The summed E-state index contributed by atoms with van der Waals surface area (Å²) in [5, 5.41) is 8.01. The Labute approximate surface area is 104 Å². The van der Waals surface area contributed by atoms with E-state index < -0.39 is 0 Å². The molecule has 0 aliphatic carbocycles. The van der Waals surface area contributed by atoms with E-state index in [0.29, 0.717) is 0 Å². The van der Waals surface area contributed by atoms with Crippen molar-refractivity contribution in [3.8, 4) is 0 Å². The predicted molar refractivity (Wildman–Crippen MR) is 70.2 cm³/mol. The largest absolute Gasteiger partial charge is 0.314 e. The van der Waals surface area contributed by atoms with Crippen LogP contribution >= 0.6 is 0 Å². The zero-order valence-electron chi connectivity index (χ0n) is 11.2. The maximum atomic E-state index is 4.64. The lowest BCUT2D eigenvalue weighted by Gasteiger charge is -2.26. The van der Waals surface area contributed by atoms with E-state index in [9.17, 15) is 0 Å². The first kappa shape index (κ1) is 12.6. The Morgan fingerprint density at radius 1 is 1.24 bits per heavy atom. The molecule has 1 aliphatic rings. The summed E-state index contributed by atoms with van der Waals surface area (Å²) in [4.78, 5) is 2.49. The standard InChI is InChI=1S/C13H24N4/c1-13(2,3)12-4-7-17(15-12)11-10-16-8-5-14-6-9-16/h4,7,14H,5-6,8-11H2,1-3H3.